The zero-order valence-electron chi connectivity index (χ0n) is 11.3. The number of benzene rings is 1. The van der Waals surface area contributed by atoms with Crippen LogP contribution >= 0.6 is 12.2 Å². The molecule has 1 saturated heterocycles. The molecule has 98 valence electrons. The molecule has 0 unspecified atom stereocenters. The number of nitrogens with one attached hydrogen (secondary N) is 1. The Balaban J connectivity index is 2.18. The number of thiocarbonyl (C=S) groups is 1. The summed E-state index contributed by atoms with van der Waals surface area (Å²) in [5.74, 6) is 0. The van der Waals surface area contributed by atoms with Crippen LogP contribution < -0.4 is 5.32 Å². The van der Waals surface area contributed by atoms with Crippen LogP contribution in [0.2, 0.25) is 0 Å². The van der Waals surface area contributed by atoms with E-state index in [0.29, 0.717) is 0 Å². The highest BCUT2D eigenvalue weighted by molar-refractivity contribution is 7.80. The summed E-state index contributed by atoms with van der Waals surface area (Å²) in [4.78, 5) is 2.28. The Bertz CT molecular complexity index is 400. The van der Waals surface area contributed by atoms with Crippen LogP contribution in [0.25, 0.3) is 0 Å². The SMILES string of the molecule is CCc1cccc(CC)c1NC(=S)N1CCCC1. The molecule has 1 aliphatic rings. The van der Waals surface area contributed by atoms with Crippen molar-refractivity contribution < 1.29 is 0 Å². The van der Waals surface area contributed by atoms with Crippen LogP contribution in [0.5, 0.6) is 0 Å². The highest BCUT2D eigenvalue weighted by Crippen LogP contribution is 2.23. The van der Waals surface area contributed by atoms with E-state index in [1.165, 1.54) is 29.7 Å². The third kappa shape index (κ3) is 2.83. The lowest BCUT2D eigenvalue weighted by Crippen LogP contribution is -2.32. The number of rotatable bonds is 3. The van der Waals surface area contributed by atoms with E-state index in [-0.39, 0.29) is 0 Å². The summed E-state index contributed by atoms with van der Waals surface area (Å²) in [6.07, 6.45) is 4.60. The molecule has 0 atom stereocenters. The minimum Gasteiger partial charge on any atom is -0.349 e. The van der Waals surface area contributed by atoms with Crippen molar-refractivity contribution in [2.75, 3.05) is 18.4 Å². The molecule has 2 rings (SSSR count). The summed E-state index contributed by atoms with van der Waals surface area (Å²) < 4.78 is 0. The maximum atomic E-state index is 5.53. The van der Waals surface area contributed by atoms with E-state index in [1.54, 1.807) is 0 Å². The molecule has 2 nitrogen and oxygen atoms in total. The summed E-state index contributed by atoms with van der Waals surface area (Å²) >= 11 is 5.53. The fraction of sp³-hybridized carbons (Fsp3) is 0.533. The smallest absolute Gasteiger partial charge is 0.173 e. The van der Waals surface area contributed by atoms with Gasteiger partial charge in [0.15, 0.2) is 5.11 Å². The van der Waals surface area contributed by atoms with Gasteiger partial charge in [0.1, 0.15) is 0 Å². The molecule has 1 aromatic rings. The summed E-state index contributed by atoms with van der Waals surface area (Å²) in [6, 6.07) is 6.52. The molecular weight excluding hydrogens is 240 g/mol. The molecule has 0 radical (unpaired) electrons. The van der Waals surface area contributed by atoms with Gasteiger partial charge in [0.2, 0.25) is 0 Å². The highest BCUT2D eigenvalue weighted by Gasteiger charge is 2.16. The van der Waals surface area contributed by atoms with E-state index >= 15 is 0 Å². The van der Waals surface area contributed by atoms with Gasteiger partial charge in [-0.25, -0.2) is 0 Å². The Morgan fingerprint density at radius 2 is 1.72 bits per heavy atom. The van der Waals surface area contributed by atoms with Crippen molar-refractivity contribution in [3.63, 3.8) is 0 Å². The summed E-state index contributed by atoms with van der Waals surface area (Å²) in [5.41, 5.74) is 3.95. The summed E-state index contributed by atoms with van der Waals surface area (Å²) in [7, 11) is 0. The Labute approximate surface area is 115 Å². The second kappa shape index (κ2) is 6.19. The van der Waals surface area contributed by atoms with Crippen LogP contribution in [0.3, 0.4) is 0 Å². The largest absolute Gasteiger partial charge is 0.349 e. The van der Waals surface area contributed by atoms with Crippen molar-refractivity contribution in [3.8, 4) is 0 Å². The standard InChI is InChI=1S/C15H22N2S/c1-3-12-8-7-9-13(4-2)14(12)16-15(18)17-10-5-6-11-17/h7-9H,3-6,10-11H2,1-2H3,(H,16,18). The van der Waals surface area contributed by atoms with Crippen molar-refractivity contribution in [1.29, 1.82) is 0 Å². The monoisotopic (exact) mass is 262 g/mol. The zero-order chi connectivity index (χ0) is 13.0. The molecule has 1 fully saturated rings. The minimum absolute atomic E-state index is 0.892. The number of para-hydroxylation sites is 1. The third-order valence-electron chi connectivity index (χ3n) is 3.62. The van der Waals surface area contributed by atoms with Gasteiger partial charge < -0.3 is 10.2 Å². The quantitative estimate of drug-likeness (QED) is 0.838. The molecule has 1 aromatic carbocycles. The normalized spacial score (nSPS) is 14.9. The van der Waals surface area contributed by atoms with Gasteiger partial charge in [0.05, 0.1) is 0 Å². The molecule has 1 N–H and O–H groups in total. The number of nitrogens with zero attached hydrogens (tertiary/aromatic N) is 1. The van der Waals surface area contributed by atoms with Gasteiger partial charge in [-0.15, -0.1) is 0 Å². The van der Waals surface area contributed by atoms with Crippen LogP contribution in [-0.2, 0) is 12.8 Å². The molecule has 1 heterocycles. The Hall–Kier alpha value is -1.09. The number of anilines is 1. The van der Waals surface area contributed by atoms with Crippen LogP contribution in [0.1, 0.15) is 37.8 Å². The number of hydrogen-bond acceptors (Lipinski definition) is 1. The van der Waals surface area contributed by atoms with Gasteiger partial charge in [-0.1, -0.05) is 32.0 Å². The van der Waals surface area contributed by atoms with Gasteiger partial charge in [0.25, 0.3) is 0 Å². The molecule has 0 saturated carbocycles. The highest BCUT2D eigenvalue weighted by atomic mass is 32.1. The Kier molecular flexibility index (Phi) is 4.59. The van der Waals surface area contributed by atoms with Crippen molar-refractivity contribution in [1.82, 2.24) is 4.90 Å². The van der Waals surface area contributed by atoms with Crippen molar-refractivity contribution >= 4 is 23.0 Å². The Morgan fingerprint density at radius 3 is 2.22 bits per heavy atom. The maximum Gasteiger partial charge on any atom is 0.173 e. The molecule has 1 aliphatic heterocycles. The van der Waals surface area contributed by atoms with E-state index in [4.69, 9.17) is 12.2 Å². The average Bonchev–Trinajstić information content (AvgIpc) is 2.93. The lowest BCUT2D eigenvalue weighted by molar-refractivity contribution is 0.528. The van der Waals surface area contributed by atoms with Crippen LogP contribution in [0, 0.1) is 0 Å². The predicted octanol–water partition coefficient (Wildman–Crippen LogP) is 3.60. The van der Waals surface area contributed by atoms with Crippen molar-refractivity contribution in [2.24, 2.45) is 0 Å². The summed E-state index contributed by atoms with van der Waals surface area (Å²) in [5, 5.41) is 4.37. The van der Waals surface area contributed by atoms with Gasteiger partial charge in [-0.05, 0) is 49.0 Å². The molecule has 3 heteroatoms. The number of hydrogen-bond donors (Lipinski definition) is 1. The second-order valence-corrected chi connectivity index (χ2v) is 5.17. The topological polar surface area (TPSA) is 15.3 Å². The first kappa shape index (κ1) is 13.3. The summed E-state index contributed by atoms with van der Waals surface area (Å²) in [6.45, 7) is 6.58. The van der Waals surface area contributed by atoms with Crippen molar-refractivity contribution in [2.45, 2.75) is 39.5 Å². The van der Waals surface area contributed by atoms with Crippen LogP contribution in [0.4, 0.5) is 5.69 Å². The molecule has 0 spiro atoms. The van der Waals surface area contributed by atoms with Gasteiger partial charge in [-0.3, -0.25) is 0 Å². The number of aryl methyl sites for hydroxylation is 2. The number of likely N-dealkylation sites (tertiary alicyclic amines) is 1. The second-order valence-electron chi connectivity index (χ2n) is 4.78. The van der Waals surface area contributed by atoms with Crippen LogP contribution in [-0.4, -0.2) is 23.1 Å². The minimum atomic E-state index is 0.892. The lowest BCUT2D eigenvalue weighted by atomic mass is 10.0. The fourth-order valence-electron chi connectivity index (χ4n) is 2.51. The molecule has 18 heavy (non-hydrogen) atoms. The first-order valence-corrected chi connectivity index (χ1v) is 7.33. The van der Waals surface area contributed by atoms with Gasteiger partial charge in [0, 0.05) is 18.8 Å². The van der Waals surface area contributed by atoms with E-state index < -0.39 is 0 Å². The van der Waals surface area contributed by atoms with E-state index in [2.05, 4.69) is 42.3 Å². The first-order chi connectivity index (χ1) is 8.76. The third-order valence-corrected chi connectivity index (χ3v) is 3.98. The fourth-order valence-corrected chi connectivity index (χ4v) is 2.79. The lowest BCUT2D eigenvalue weighted by Gasteiger charge is -2.22. The van der Waals surface area contributed by atoms with Crippen LogP contribution in [0.15, 0.2) is 18.2 Å². The average molecular weight is 262 g/mol. The molecule has 0 amide bonds. The van der Waals surface area contributed by atoms with Gasteiger partial charge in [-0.2, -0.15) is 0 Å². The molecule has 0 aliphatic carbocycles. The van der Waals surface area contributed by atoms with E-state index in [0.717, 1.165) is 31.0 Å². The van der Waals surface area contributed by atoms with Gasteiger partial charge >= 0.3 is 0 Å². The molecule has 0 aromatic heterocycles. The van der Waals surface area contributed by atoms with E-state index in [9.17, 15) is 0 Å². The van der Waals surface area contributed by atoms with E-state index in [1.807, 2.05) is 0 Å². The molecule has 0 bridgehead atoms. The maximum absolute atomic E-state index is 5.53. The zero-order valence-corrected chi connectivity index (χ0v) is 12.1. The first-order valence-electron chi connectivity index (χ1n) is 6.93. The molecular formula is C15H22N2S. The Morgan fingerprint density at radius 1 is 1.17 bits per heavy atom. The predicted molar refractivity (Wildman–Crippen MR) is 82.2 cm³/mol. The van der Waals surface area contributed by atoms with Crippen molar-refractivity contribution in [3.05, 3.63) is 29.3 Å².